The number of carbonyl (C=O) groups is 3. The van der Waals surface area contributed by atoms with Crippen molar-refractivity contribution < 1.29 is 24.2 Å². The van der Waals surface area contributed by atoms with Gasteiger partial charge in [-0.1, -0.05) is 37.3 Å². The minimum atomic E-state index is -0.973. The number of ether oxygens (including phenoxy) is 1. The zero-order chi connectivity index (χ0) is 21.5. The molecular weight excluding hydrogens is 382 g/mol. The summed E-state index contributed by atoms with van der Waals surface area (Å²) in [6, 6.07) is 15.7. The fraction of sp³-hybridized carbons (Fsp3) is 0.375. The van der Waals surface area contributed by atoms with Crippen molar-refractivity contribution in [1.82, 2.24) is 4.90 Å². The SMILES string of the molecule is C[C@H](CC(=O)[C@H]1CC(=O)CCN1CCOc1ccccc1)c1ccc(C(=O)O)cc1. The van der Waals surface area contributed by atoms with Crippen LogP contribution in [0, 0.1) is 0 Å². The lowest BCUT2D eigenvalue weighted by Crippen LogP contribution is -2.49. The van der Waals surface area contributed by atoms with Gasteiger partial charge in [0.15, 0.2) is 5.78 Å². The summed E-state index contributed by atoms with van der Waals surface area (Å²) in [6.07, 6.45) is 1.01. The van der Waals surface area contributed by atoms with E-state index in [4.69, 9.17) is 9.84 Å². The molecule has 30 heavy (non-hydrogen) atoms. The molecule has 0 aromatic heterocycles. The smallest absolute Gasteiger partial charge is 0.335 e. The lowest BCUT2D eigenvalue weighted by atomic mass is 9.89. The predicted octanol–water partition coefficient (Wildman–Crippen LogP) is 3.56. The molecule has 1 N–H and O–H groups in total. The van der Waals surface area contributed by atoms with Crippen LogP contribution in [0.4, 0.5) is 0 Å². The molecule has 0 radical (unpaired) electrons. The summed E-state index contributed by atoms with van der Waals surface area (Å²) in [4.78, 5) is 38.1. The van der Waals surface area contributed by atoms with Crippen molar-refractivity contribution >= 4 is 17.5 Å². The predicted molar refractivity (Wildman–Crippen MR) is 113 cm³/mol. The number of piperidine rings is 1. The third kappa shape index (κ3) is 5.76. The molecule has 2 aromatic carbocycles. The summed E-state index contributed by atoms with van der Waals surface area (Å²) in [5, 5.41) is 9.03. The number of para-hydroxylation sites is 1. The van der Waals surface area contributed by atoms with E-state index in [1.807, 2.05) is 42.2 Å². The average molecular weight is 409 g/mol. The maximum atomic E-state index is 13.0. The number of carboxylic acid groups (broad SMARTS) is 1. The highest BCUT2D eigenvalue weighted by atomic mass is 16.5. The minimum absolute atomic E-state index is 0.0394. The summed E-state index contributed by atoms with van der Waals surface area (Å²) < 4.78 is 5.76. The summed E-state index contributed by atoms with van der Waals surface area (Å²) >= 11 is 0. The molecule has 0 saturated carbocycles. The number of benzene rings is 2. The summed E-state index contributed by atoms with van der Waals surface area (Å²) in [5.41, 5.74) is 1.13. The number of ketones is 2. The summed E-state index contributed by atoms with van der Waals surface area (Å²) in [6.45, 7) is 3.55. The van der Waals surface area contributed by atoms with Crippen LogP contribution in [0.2, 0.25) is 0 Å². The Bertz CT molecular complexity index is 878. The minimum Gasteiger partial charge on any atom is -0.492 e. The Balaban J connectivity index is 1.59. The highest BCUT2D eigenvalue weighted by Gasteiger charge is 2.32. The molecule has 2 atom stereocenters. The largest absolute Gasteiger partial charge is 0.492 e. The second-order valence-electron chi connectivity index (χ2n) is 7.70. The number of hydrogen-bond donors (Lipinski definition) is 1. The van der Waals surface area contributed by atoms with Crippen molar-refractivity contribution in [2.75, 3.05) is 19.7 Å². The van der Waals surface area contributed by atoms with E-state index in [0.717, 1.165) is 11.3 Å². The van der Waals surface area contributed by atoms with Crippen molar-refractivity contribution in [1.29, 1.82) is 0 Å². The van der Waals surface area contributed by atoms with Crippen LogP contribution in [0.1, 0.15) is 48.0 Å². The van der Waals surface area contributed by atoms with Gasteiger partial charge in [-0.2, -0.15) is 0 Å². The van der Waals surface area contributed by atoms with Crippen LogP contribution < -0.4 is 4.74 Å². The van der Waals surface area contributed by atoms with Gasteiger partial charge in [0.1, 0.15) is 18.1 Å². The van der Waals surface area contributed by atoms with Gasteiger partial charge < -0.3 is 9.84 Å². The number of carboxylic acids is 1. The van der Waals surface area contributed by atoms with Crippen LogP contribution in [0.5, 0.6) is 5.75 Å². The van der Waals surface area contributed by atoms with Crippen molar-refractivity contribution in [3.05, 3.63) is 65.7 Å². The molecule has 2 aromatic rings. The summed E-state index contributed by atoms with van der Waals surface area (Å²) in [5.74, 6) is -0.0874. The lowest BCUT2D eigenvalue weighted by molar-refractivity contribution is -0.133. The molecular formula is C24H27NO5. The Morgan fingerprint density at radius 2 is 1.83 bits per heavy atom. The monoisotopic (exact) mass is 409 g/mol. The Morgan fingerprint density at radius 1 is 1.13 bits per heavy atom. The van der Waals surface area contributed by atoms with Crippen LogP contribution in [0.3, 0.4) is 0 Å². The first kappa shape index (κ1) is 21.7. The molecule has 1 saturated heterocycles. The van der Waals surface area contributed by atoms with Crippen LogP contribution >= 0.6 is 0 Å². The van der Waals surface area contributed by atoms with Gasteiger partial charge >= 0.3 is 5.97 Å². The second kappa shape index (κ2) is 10.2. The van der Waals surface area contributed by atoms with Gasteiger partial charge in [0, 0.05) is 32.4 Å². The summed E-state index contributed by atoms with van der Waals surface area (Å²) in [7, 11) is 0. The van der Waals surface area contributed by atoms with Gasteiger partial charge in [0.2, 0.25) is 0 Å². The van der Waals surface area contributed by atoms with Crippen LogP contribution in [0.15, 0.2) is 54.6 Å². The first-order valence-electron chi connectivity index (χ1n) is 10.2. The molecule has 158 valence electrons. The molecule has 1 fully saturated rings. The van der Waals surface area contributed by atoms with Crippen LogP contribution in [-0.4, -0.2) is 53.3 Å². The number of aromatic carboxylic acids is 1. The number of nitrogens with zero attached hydrogens (tertiary/aromatic N) is 1. The molecule has 6 nitrogen and oxygen atoms in total. The van der Waals surface area contributed by atoms with Gasteiger partial charge in [0.05, 0.1) is 11.6 Å². The first-order valence-corrected chi connectivity index (χ1v) is 10.2. The number of rotatable bonds is 9. The quantitative estimate of drug-likeness (QED) is 0.682. The Labute approximate surface area is 176 Å². The highest BCUT2D eigenvalue weighted by Crippen LogP contribution is 2.24. The van der Waals surface area contributed by atoms with E-state index in [-0.39, 0.29) is 29.5 Å². The zero-order valence-electron chi connectivity index (χ0n) is 17.1. The van der Waals surface area contributed by atoms with E-state index in [9.17, 15) is 14.4 Å². The van der Waals surface area contributed by atoms with Crippen LogP contribution in [-0.2, 0) is 9.59 Å². The third-order valence-corrected chi connectivity index (χ3v) is 5.54. The molecule has 0 amide bonds. The third-order valence-electron chi connectivity index (χ3n) is 5.54. The van der Waals surface area contributed by atoms with E-state index in [1.165, 1.54) is 0 Å². The van der Waals surface area contributed by atoms with Crippen molar-refractivity contribution in [2.24, 2.45) is 0 Å². The number of hydrogen-bond acceptors (Lipinski definition) is 5. The van der Waals surface area contributed by atoms with E-state index in [2.05, 4.69) is 0 Å². The van der Waals surface area contributed by atoms with Crippen LogP contribution in [0.25, 0.3) is 0 Å². The molecule has 1 aliphatic heterocycles. The Morgan fingerprint density at radius 3 is 2.50 bits per heavy atom. The maximum absolute atomic E-state index is 13.0. The average Bonchev–Trinajstić information content (AvgIpc) is 2.75. The fourth-order valence-corrected chi connectivity index (χ4v) is 3.76. The number of carbonyl (C=O) groups excluding carboxylic acids is 2. The van der Waals surface area contributed by atoms with Gasteiger partial charge in [-0.05, 0) is 35.7 Å². The van der Waals surface area contributed by atoms with Gasteiger partial charge in [-0.15, -0.1) is 0 Å². The molecule has 1 aliphatic rings. The van der Waals surface area contributed by atoms with Crippen molar-refractivity contribution in [3.63, 3.8) is 0 Å². The van der Waals surface area contributed by atoms with E-state index in [1.54, 1.807) is 24.3 Å². The molecule has 0 spiro atoms. The fourth-order valence-electron chi connectivity index (χ4n) is 3.76. The normalized spacial score (nSPS) is 18.0. The van der Waals surface area contributed by atoms with Crippen molar-refractivity contribution in [2.45, 2.75) is 38.1 Å². The molecule has 3 rings (SSSR count). The zero-order valence-corrected chi connectivity index (χ0v) is 17.1. The molecule has 0 aliphatic carbocycles. The van der Waals surface area contributed by atoms with E-state index >= 15 is 0 Å². The molecule has 1 heterocycles. The molecule has 0 unspecified atom stereocenters. The first-order chi connectivity index (χ1) is 14.4. The van der Waals surface area contributed by atoms with Gasteiger partial charge in [-0.25, -0.2) is 4.79 Å². The van der Waals surface area contributed by atoms with Gasteiger partial charge in [-0.3, -0.25) is 14.5 Å². The van der Waals surface area contributed by atoms with Gasteiger partial charge in [0.25, 0.3) is 0 Å². The standard InChI is InChI=1S/C24H27NO5/c1-17(18-7-9-19(10-8-18)24(28)29)15-23(27)22-16-20(26)11-12-25(22)13-14-30-21-5-3-2-4-6-21/h2-10,17,22H,11-16H2,1H3,(H,28,29)/t17-,22-/m1/s1. The van der Waals surface area contributed by atoms with Crippen molar-refractivity contribution in [3.8, 4) is 5.75 Å². The Hall–Kier alpha value is -2.99. The lowest BCUT2D eigenvalue weighted by Gasteiger charge is -2.34. The molecule has 0 bridgehead atoms. The number of Topliss-reactive ketones (excluding diaryl/α,β-unsaturated/α-hetero) is 2. The topological polar surface area (TPSA) is 83.9 Å². The second-order valence-corrected chi connectivity index (χ2v) is 7.70. The maximum Gasteiger partial charge on any atom is 0.335 e. The highest BCUT2D eigenvalue weighted by molar-refractivity contribution is 5.92. The van der Waals surface area contributed by atoms with E-state index in [0.29, 0.717) is 32.5 Å². The molecule has 6 heteroatoms. The number of likely N-dealkylation sites (tertiary alicyclic amines) is 1. The van der Waals surface area contributed by atoms with E-state index < -0.39 is 12.0 Å². The Kier molecular flexibility index (Phi) is 7.36.